The average molecular weight is 416 g/mol. The first kappa shape index (κ1) is 20.1. The molecule has 158 valence electrons. The molecule has 2 aromatic heterocycles. The second kappa shape index (κ2) is 8.30. The lowest BCUT2D eigenvalue weighted by atomic mass is 9.98. The highest BCUT2D eigenvalue weighted by molar-refractivity contribution is 5.98. The molecule has 4 rings (SSSR count). The van der Waals surface area contributed by atoms with E-state index in [-0.39, 0.29) is 36.4 Å². The van der Waals surface area contributed by atoms with Gasteiger partial charge in [-0.25, -0.2) is 8.78 Å². The van der Waals surface area contributed by atoms with Crippen molar-refractivity contribution in [2.45, 2.75) is 26.3 Å². The minimum atomic E-state index is -0.681. The number of benzene rings is 1. The number of piperidine rings is 1. The number of halogens is 2. The fraction of sp³-hybridized carbons (Fsp3) is 0.364. The van der Waals surface area contributed by atoms with Crippen LogP contribution in [0.15, 0.2) is 41.0 Å². The quantitative estimate of drug-likeness (QED) is 0.591. The van der Waals surface area contributed by atoms with Gasteiger partial charge in [-0.05, 0) is 25.8 Å². The smallest absolute Gasteiger partial charge is 0.310 e. The predicted molar refractivity (Wildman–Crippen MR) is 105 cm³/mol. The Morgan fingerprint density at radius 2 is 2.07 bits per heavy atom. The van der Waals surface area contributed by atoms with Gasteiger partial charge in [0.15, 0.2) is 5.58 Å². The Bertz CT molecular complexity index is 1090. The van der Waals surface area contributed by atoms with Gasteiger partial charge in [-0.2, -0.15) is 0 Å². The van der Waals surface area contributed by atoms with Gasteiger partial charge in [0.05, 0.1) is 30.8 Å². The van der Waals surface area contributed by atoms with E-state index in [0.717, 1.165) is 6.07 Å². The number of nitrogens with zero attached hydrogens (tertiary/aromatic N) is 2. The topological polar surface area (TPSA) is 64.7 Å². The highest BCUT2D eigenvalue weighted by Crippen LogP contribution is 2.26. The van der Waals surface area contributed by atoms with E-state index in [1.807, 2.05) is 0 Å². The van der Waals surface area contributed by atoms with Crippen molar-refractivity contribution in [3.05, 3.63) is 59.5 Å². The number of fused-ring (bicyclic) bond motifs is 1. The lowest BCUT2D eigenvalue weighted by Crippen LogP contribution is -2.43. The van der Waals surface area contributed by atoms with Crippen molar-refractivity contribution in [2.75, 3.05) is 19.7 Å². The van der Waals surface area contributed by atoms with Crippen LogP contribution in [0.4, 0.5) is 8.78 Å². The fourth-order valence-corrected chi connectivity index (χ4v) is 3.92. The summed E-state index contributed by atoms with van der Waals surface area (Å²) in [5.74, 6) is -2.26. The van der Waals surface area contributed by atoms with Crippen molar-refractivity contribution in [3.8, 4) is 0 Å². The van der Waals surface area contributed by atoms with Gasteiger partial charge in [-0.1, -0.05) is 6.07 Å². The molecular weight excluding hydrogens is 394 g/mol. The Labute approximate surface area is 172 Å². The highest BCUT2D eigenvalue weighted by Gasteiger charge is 2.31. The molecular formula is C22H22F2N2O4. The van der Waals surface area contributed by atoms with Crippen LogP contribution >= 0.6 is 0 Å². The second-order valence-electron chi connectivity index (χ2n) is 7.36. The average Bonchev–Trinajstić information content (AvgIpc) is 3.32. The molecule has 0 spiro atoms. The van der Waals surface area contributed by atoms with Crippen molar-refractivity contribution < 1.29 is 27.5 Å². The van der Waals surface area contributed by atoms with E-state index in [1.54, 1.807) is 28.5 Å². The molecule has 3 heterocycles. The van der Waals surface area contributed by atoms with Crippen LogP contribution in [0.2, 0.25) is 0 Å². The van der Waals surface area contributed by atoms with E-state index in [9.17, 15) is 18.4 Å². The molecule has 1 aliphatic rings. The third kappa shape index (κ3) is 3.81. The summed E-state index contributed by atoms with van der Waals surface area (Å²) in [6.45, 7) is 2.89. The first-order valence-corrected chi connectivity index (χ1v) is 9.94. The summed E-state index contributed by atoms with van der Waals surface area (Å²) in [4.78, 5) is 27.0. The van der Waals surface area contributed by atoms with Gasteiger partial charge in [0.25, 0.3) is 5.91 Å². The number of carbonyl (C=O) groups is 2. The normalized spacial score (nSPS) is 16.8. The Morgan fingerprint density at radius 1 is 1.23 bits per heavy atom. The minimum Gasteiger partial charge on any atom is -0.466 e. The van der Waals surface area contributed by atoms with E-state index in [2.05, 4.69) is 0 Å². The van der Waals surface area contributed by atoms with Crippen LogP contribution in [0.3, 0.4) is 0 Å². The molecule has 1 aromatic carbocycles. The molecule has 8 heteroatoms. The Morgan fingerprint density at radius 3 is 2.83 bits per heavy atom. The number of esters is 1. The summed E-state index contributed by atoms with van der Waals surface area (Å²) in [5.41, 5.74) is 1.73. The van der Waals surface area contributed by atoms with Crippen LogP contribution in [0.25, 0.3) is 11.1 Å². The van der Waals surface area contributed by atoms with E-state index < -0.39 is 11.6 Å². The van der Waals surface area contributed by atoms with E-state index in [0.29, 0.717) is 42.8 Å². The zero-order valence-electron chi connectivity index (χ0n) is 16.6. The molecule has 0 unspecified atom stereocenters. The molecule has 3 aromatic rings. The molecule has 30 heavy (non-hydrogen) atoms. The summed E-state index contributed by atoms with van der Waals surface area (Å²) in [7, 11) is 0. The molecule has 6 nitrogen and oxygen atoms in total. The number of amides is 1. The largest absolute Gasteiger partial charge is 0.466 e. The number of hydrogen-bond donors (Lipinski definition) is 0. The van der Waals surface area contributed by atoms with Crippen LogP contribution in [-0.4, -0.2) is 41.0 Å². The summed E-state index contributed by atoms with van der Waals surface area (Å²) < 4.78 is 39.7. The first-order chi connectivity index (χ1) is 14.5. The number of hydrogen-bond acceptors (Lipinski definition) is 4. The van der Waals surface area contributed by atoms with Gasteiger partial charge < -0.3 is 18.6 Å². The minimum absolute atomic E-state index is 0.0470. The van der Waals surface area contributed by atoms with Crippen molar-refractivity contribution in [1.29, 1.82) is 0 Å². The standard InChI is InChI=1S/C22H22F2N2O4/c1-2-29-22(28)15-4-3-8-25(12-15)21(27)19-11-20-18(7-9-30-20)26(19)13-14-5-6-16(23)10-17(14)24/h5-7,9-11,15H,2-4,8,12-13H2,1H3/t15-/m1/s1. The number of likely N-dealkylation sites (tertiary alicyclic amines) is 1. The monoisotopic (exact) mass is 416 g/mol. The van der Waals surface area contributed by atoms with Crippen LogP contribution in [-0.2, 0) is 16.1 Å². The number of rotatable bonds is 5. The fourth-order valence-electron chi connectivity index (χ4n) is 3.92. The van der Waals surface area contributed by atoms with Crippen molar-refractivity contribution >= 4 is 23.0 Å². The van der Waals surface area contributed by atoms with Crippen molar-refractivity contribution in [1.82, 2.24) is 9.47 Å². The van der Waals surface area contributed by atoms with Crippen LogP contribution in [0.1, 0.15) is 35.8 Å². The maximum Gasteiger partial charge on any atom is 0.310 e. The molecule has 0 N–H and O–H groups in total. The number of carbonyl (C=O) groups excluding carboxylic acids is 2. The molecule has 1 amide bonds. The van der Waals surface area contributed by atoms with Gasteiger partial charge in [0.2, 0.25) is 0 Å². The SMILES string of the molecule is CCOC(=O)[C@@H]1CCCN(C(=O)c2cc3occc3n2Cc2ccc(F)cc2F)C1. The molecule has 1 saturated heterocycles. The van der Waals surface area contributed by atoms with E-state index >= 15 is 0 Å². The molecule has 0 bridgehead atoms. The lowest BCUT2D eigenvalue weighted by molar-refractivity contribution is -0.149. The summed E-state index contributed by atoms with van der Waals surface area (Å²) in [5, 5.41) is 0. The molecule has 0 saturated carbocycles. The third-order valence-corrected chi connectivity index (χ3v) is 5.41. The number of furan rings is 1. The highest BCUT2D eigenvalue weighted by atomic mass is 19.1. The van der Waals surface area contributed by atoms with E-state index in [1.165, 1.54) is 18.4 Å². The Hall–Kier alpha value is -3.16. The maximum atomic E-state index is 14.2. The zero-order chi connectivity index (χ0) is 21.3. The molecule has 0 aliphatic carbocycles. The Kier molecular flexibility index (Phi) is 5.57. The van der Waals surface area contributed by atoms with Crippen LogP contribution in [0.5, 0.6) is 0 Å². The van der Waals surface area contributed by atoms with Gasteiger partial charge in [0, 0.05) is 36.9 Å². The van der Waals surface area contributed by atoms with Crippen molar-refractivity contribution in [2.24, 2.45) is 5.92 Å². The molecule has 1 fully saturated rings. The van der Waals surface area contributed by atoms with Crippen molar-refractivity contribution in [3.63, 3.8) is 0 Å². The zero-order valence-corrected chi connectivity index (χ0v) is 16.6. The van der Waals surface area contributed by atoms with Gasteiger partial charge in [-0.15, -0.1) is 0 Å². The van der Waals surface area contributed by atoms with Crippen LogP contribution in [0, 0.1) is 17.6 Å². The number of ether oxygens (including phenoxy) is 1. The molecule has 1 atom stereocenters. The third-order valence-electron chi connectivity index (χ3n) is 5.41. The van der Waals surface area contributed by atoms with E-state index in [4.69, 9.17) is 9.15 Å². The maximum absolute atomic E-state index is 14.2. The first-order valence-electron chi connectivity index (χ1n) is 9.94. The van der Waals surface area contributed by atoms with Gasteiger partial charge in [0.1, 0.15) is 17.3 Å². The Balaban J connectivity index is 1.64. The summed E-state index contributed by atoms with van der Waals surface area (Å²) >= 11 is 0. The lowest BCUT2D eigenvalue weighted by Gasteiger charge is -2.31. The summed E-state index contributed by atoms with van der Waals surface area (Å²) in [6.07, 6.45) is 2.86. The molecule has 1 aliphatic heterocycles. The van der Waals surface area contributed by atoms with Gasteiger partial charge in [-0.3, -0.25) is 9.59 Å². The number of aromatic nitrogens is 1. The molecule has 0 radical (unpaired) electrons. The predicted octanol–water partition coefficient (Wildman–Crippen LogP) is 3.98. The van der Waals surface area contributed by atoms with Gasteiger partial charge >= 0.3 is 5.97 Å². The summed E-state index contributed by atoms with van der Waals surface area (Å²) in [6, 6.07) is 6.69. The van der Waals surface area contributed by atoms with Crippen LogP contribution < -0.4 is 0 Å². The second-order valence-corrected chi connectivity index (χ2v) is 7.36.